The largest absolute Gasteiger partial charge is 0.464 e. The Labute approximate surface area is 85.9 Å². The van der Waals surface area contributed by atoms with Crippen LogP contribution in [-0.4, -0.2) is 13.1 Å². The predicted octanol–water partition coefficient (Wildman–Crippen LogP) is 2.67. The molecule has 0 amide bonds. The molecule has 0 fully saturated rings. The number of ether oxygens (including phenoxy) is 1. The summed E-state index contributed by atoms with van der Waals surface area (Å²) >= 11 is 5.49. The van der Waals surface area contributed by atoms with Crippen LogP contribution in [0.2, 0.25) is 5.02 Å². The molecule has 0 aliphatic carbocycles. The maximum atomic E-state index is 12.9. The molecule has 2 nitrogen and oxygen atoms in total. The summed E-state index contributed by atoms with van der Waals surface area (Å²) in [7, 11) is 0. The van der Waals surface area contributed by atoms with E-state index < -0.39 is 5.82 Å². The van der Waals surface area contributed by atoms with Gasteiger partial charge in [-0.3, -0.25) is 4.79 Å². The van der Waals surface area contributed by atoms with Crippen molar-refractivity contribution in [3.8, 4) is 0 Å². The van der Waals surface area contributed by atoms with Crippen LogP contribution < -0.4 is 0 Å². The smallest absolute Gasteiger partial charge is 0.293 e. The van der Waals surface area contributed by atoms with Crippen LogP contribution in [0.4, 0.5) is 4.39 Å². The Morgan fingerprint density at radius 1 is 1.50 bits per heavy atom. The van der Waals surface area contributed by atoms with Crippen LogP contribution in [0.25, 0.3) is 6.08 Å². The second-order valence-electron chi connectivity index (χ2n) is 2.51. The van der Waals surface area contributed by atoms with E-state index >= 15 is 0 Å². The van der Waals surface area contributed by atoms with E-state index in [2.05, 4.69) is 4.74 Å². The van der Waals surface area contributed by atoms with Crippen molar-refractivity contribution in [1.82, 2.24) is 0 Å². The zero-order chi connectivity index (χ0) is 10.4. The van der Waals surface area contributed by atoms with E-state index in [0.717, 1.165) is 0 Å². The van der Waals surface area contributed by atoms with Crippen molar-refractivity contribution in [2.75, 3.05) is 6.61 Å². The Kier molecular flexibility index (Phi) is 4.13. The van der Waals surface area contributed by atoms with E-state index in [0.29, 0.717) is 12.0 Å². The van der Waals surface area contributed by atoms with E-state index in [-0.39, 0.29) is 11.6 Å². The Bertz CT molecular complexity index is 350. The molecule has 0 N–H and O–H groups in total. The fourth-order valence-electron chi connectivity index (χ4n) is 0.895. The van der Waals surface area contributed by atoms with Crippen LogP contribution in [0.5, 0.6) is 0 Å². The molecular weight excluding hydrogens is 207 g/mol. The quantitative estimate of drug-likeness (QED) is 0.569. The van der Waals surface area contributed by atoms with Gasteiger partial charge in [-0.1, -0.05) is 23.7 Å². The number of halogens is 2. The molecule has 0 radical (unpaired) electrons. The van der Waals surface area contributed by atoms with E-state index in [9.17, 15) is 9.18 Å². The van der Waals surface area contributed by atoms with Crippen LogP contribution in [0.15, 0.2) is 24.3 Å². The van der Waals surface area contributed by atoms with Crippen LogP contribution in [0, 0.1) is 5.82 Å². The molecule has 0 bridgehead atoms. The second kappa shape index (κ2) is 5.40. The van der Waals surface area contributed by atoms with E-state index in [1.807, 2.05) is 0 Å². The fourth-order valence-corrected chi connectivity index (χ4v) is 1.01. The van der Waals surface area contributed by atoms with Crippen LogP contribution in [-0.2, 0) is 9.53 Å². The highest BCUT2D eigenvalue weighted by Crippen LogP contribution is 2.16. The van der Waals surface area contributed by atoms with Crippen molar-refractivity contribution >= 4 is 24.1 Å². The minimum Gasteiger partial charge on any atom is -0.464 e. The number of hydrogen-bond donors (Lipinski definition) is 0. The van der Waals surface area contributed by atoms with Gasteiger partial charge in [0, 0.05) is 0 Å². The number of rotatable bonds is 4. The number of benzene rings is 1. The lowest BCUT2D eigenvalue weighted by Gasteiger charge is -1.96. The van der Waals surface area contributed by atoms with E-state index in [1.54, 1.807) is 18.2 Å². The molecule has 0 aliphatic heterocycles. The van der Waals surface area contributed by atoms with Gasteiger partial charge in [-0.25, -0.2) is 4.39 Å². The van der Waals surface area contributed by atoms with Gasteiger partial charge in [0.25, 0.3) is 6.47 Å². The first kappa shape index (κ1) is 10.7. The summed E-state index contributed by atoms with van der Waals surface area (Å²) in [6, 6.07) is 4.44. The van der Waals surface area contributed by atoms with Gasteiger partial charge in [-0.05, 0) is 23.8 Å². The molecule has 0 unspecified atom stereocenters. The molecular formula is C10H8ClFO2. The standard InChI is InChI=1S/C10H8ClFO2/c11-9-4-3-8(6-10(9)12)2-1-5-14-7-13/h1-4,6-7H,5H2/b2-1+. The number of carbonyl (C=O) groups is 1. The molecule has 0 aliphatic rings. The maximum absolute atomic E-state index is 12.9. The van der Waals surface area contributed by atoms with Gasteiger partial charge in [0.2, 0.25) is 0 Å². The molecule has 1 rings (SSSR count). The van der Waals surface area contributed by atoms with Gasteiger partial charge in [-0.15, -0.1) is 0 Å². The Morgan fingerprint density at radius 2 is 2.29 bits per heavy atom. The van der Waals surface area contributed by atoms with Crippen molar-refractivity contribution in [1.29, 1.82) is 0 Å². The van der Waals surface area contributed by atoms with Gasteiger partial charge in [-0.2, -0.15) is 0 Å². The minimum atomic E-state index is -0.467. The second-order valence-corrected chi connectivity index (χ2v) is 2.91. The predicted molar refractivity (Wildman–Crippen MR) is 52.5 cm³/mol. The molecule has 0 atom stereocenters. The summed E-state index contributed by atoms with van der Waals surface area (Å²) < 4.78 is 17.3. The minimum absolute atomic E-state index is 0.0892. The van der Waals surface area contributed by atoms with Gasteiger partial charge in [0.15, 0.2) is 0 Å². The zero-order valence-electron chi connectivity index (χ0n) is 7.24. The summed E-state index contributed by atoms with van der Waals surface area (Å²) in [6.07, 6.45) is 3.25. The normalized spacial score (nSPS) is 10.4. The molecule has 0 heterocycles. The third-order valence-electron chi connectivity index (χ3n) is 1.51. The fraction of sp³-hybridized carbons (Fsp3) is 0.100. The first-order chi connectivity index (χ1) is 6.74. The summed E-state index contributed by atoms with van der Waals surface area (Å²) in [5.74, 6) is -0.467. The van der Waals surface area contributed by atoms with Crippen molar-refractivity contribution < 1.29 is 13.9 Å². The van der Waals surface area contributed by atoms with Crippen molar-refractivity contribution in [2.24, 2.45) is 0 Å². The third-order valence-corrected chi connectivity index (χ3v) is 1.82. The maximum Gasteiger partial charge on any atom is 0.293 e. The van der Waals surface area contributed by atoms with Crippen LogP contribution in [0.1, 0.15) is 5.56 Å². The van der Waals surface area contributed by atoms with Gasteiger partial charge < -0.3 is 4.74 Å². The monoisotopic (exact) mass is 214 g/mol. The van der Waals surface area contributed by atoms with E-state index in [4.69, 9.17) is 11.6 Å². The highest BCUT2D eigenvalue weighted by atomic mass is 35.5. The topological polar surface area (TPSA) is 26.3 Å². The van der Waals surface area contributed by atoms with Crippen molar-refractivity contribution in [2.45, 2.75) is 0 Å². The lowest BCUT2D eigenvalue weighted by molar-refractivity contribution is -0.127. The molecule has 4 heteroatoms. The molecule has 1 aromatic carbocycles. The van der Waals surface area contributed by atoms with E-state index in [1.165, 1.54) is 12.1 Å². The summed E-state index contributed by atoms with van der Waals surface area (Å²) in [5, 5.41) is 0.0892. The molecule has 14 heavy (non-hydrogen) atoms. The average molecular weight is 215 g/mol. The van der Waals surface area contributed by atoms with Crippen LogP contribution in [0.3, 0.4) is 0 Å². The molecule has 1 aromatic rings. The Morgan fingerprint density at radius 3 is 2.93 bits per heavy atom. The van der Waals surface area contributed by atoms with Crippen LogP contribution >= 0.6 is 11.6 Å². The molecule has 0 aromatic heterocycles. The van der Waals surface area contributed by atoms with Crippen molar-refractivity contribution in [3.05, 3.63) is 40.7 Å². The summed E-state index contributed by atoms with van der Waals surface area (Å²) in [6.45, 7) is 0.528. The molecule has 0 saturated carbocycles. The first-order valence-electron chi connectivity index (χ1n) is 3.91. The highest BCUT2D eigenvalue weighted by Gasteiger charge is 1.97. The summed E-state index contributed by atoms with van der Waals surface area (Å²) in [5.41, 5.74) is 0.668. The SMILES string of the molecule is O=COC/C=C/c1ccc(Cl)c(F)c1. The average Bonchev–Trinajstić information content (AvgIpc) is 2.18. The third kappa shape index (κ3) is 3.18. The van der Waals surface area contributed by atoms with Gasteiger partial charge in [0.05, 0.1) is 5.02 Å². The highest BCUT2D eigenvalue weighted by molar-refractivity contribution is 6.30. The van der Waals surface area contributed by atoms with Gasteiger partial charge >= 0.3 is 0 Å². The zero-order valence-corrected chi connectivity index (χ0v) is 8.00. The van der Waals surface area contributed by atoms with Crippen molar-refractivity contribution in [3.63, 3.8) is 0 Å². The van der Waals surface area contributed by atoms with Gasteiger partial charge in [0.1, 0.15) is 12.4 Å². The number of hydrogen-bond acceptors (Lipinski definition) is 2. The Hall–Kier alpha value is -1.35. The number of carbonyl (C=O) groups excluding carboxylic acids is 1. The lowest BCUT2D eigenvalue weighted by Crippen LogP contribution is -1.85. The lowest BCUT2D eigenvalue weighted by atomic mass is 10.2. The molecule has 0 saturated heterocycles. The first-order valence-corrected chi connectivity index (χ1v) is 4.28. The Balaban J connectivity index is 2.63. The molecule has 74 valence electrons. The molecule has 0 spiro atoms. The summed E-state index contributed by atoms with van der Waals surface area (Å²) in [4.78, 5) is 9.78.